The quantitative estimate of drug-likeness (QED) is 0.518. The number of nitrogens with one attached hydrogen (secondary N) is 2. The molecule has 7 heteroatoms. The van der Waals surface area contributed by atoms with Gasteiger partial charge in [-0.05, 0) is 66.4 Å². The third-order valence-corrected chi connectivity index (χ3v) is 7.09. The molecular formula is C28H30N4O3. The molecule has 2 saturated heterocycles. The van der Waals surface area contributed by atoms with E-state index >= 15 is 0 Å². The Labute approximate surface area is 205 Å². The molecule has 2 aliphatic rings. The molecule has 2 N–H and O–H groups in total. The number of urea groups is 1. The van der Waals surface area contributed by atoms with E-state index in [-0.39, 0.29) is 12.5 Å². The van der Waals surface area contributed by atoms with Crippen molar-refractivity contribution >= 4 is 28.6 Å². The van der Waals surface area contributed by atoms with Crippen LogP contribution in [0, 0.1) is 0 Å². The van der Waals surface area contributed by atoms with Crippen molar-refractivity contribution in [1.29, 1.82) is 0 Å². The van der Waals surface area contributed by atoms with Crippen LogP contribution < -0.4 is 10.6 Å². The van der Waals surface area contributed by atoms with E-state index in [1.165, 1.54) is 18.4 Å². The lowest BCUT2D eigenvalue weighted by Crippen LogP contribution is -2.43. The molecule has 2 fully saturated rings. The number of imide groups is 1. The summed E-state index contributed by atoms with van der Waals surface area (Å²) in [6.45, 7) is 4.79. The van der Waals surface area contributed by atoms with Crippen molar-refractivity contribution < 1.29 is 14.4 Å². The van der Waals surface area contributed by atoms with E-state index in [4.69, 9.17) is 0 Å². The molecule has 0 aliphatic carbocycles. The highest BCUT2D eigenvalue weighted by molar-refractivity contribution is 6.09. The highest BCUT2D eigenvalue weighted by Gasteiger charge is 2.49. The Bertz CT molecular complexity index is 1280. The standard InChI is InChI=1S/C28H30N4O3/c1-28(24-13-12-20-8-2-3-9-21(20)16-24)26(34)32(27(35)30-28)19-25(33)29-17-22-10-4-5-11-23(22)18-31-14-6-7-15-31/h2-5,8-13,16H,6-7,14-15,17-19H2,1H3,(H,29,33)(H,30,35)/t28-/m1/s1. The molecule has 5 rings (SSSR count). The molecule has 2 aliphatic heterocycles. The molecule has 3 aromatic rings. The van der Waals surface area contributed by atoms with E-state index < -0.39 is 17.5 Å². The van der Waals surface area contributed by atoms with E-state index in [0.717, 1.165) is 40.9 Å². The summed E-state index contributed by atoms with van der Waals surface area (Å²) in [5.74, 6) is -0.797. The van der Waals surface area contributed by atoms with Gasteiger partial charge in [0, 0.05) is 13.1 Å². The summed E-state index contributed by atoms with van der Waals surface area (Å²) in [4.78, 5) is 42.2. The fourth-order valence-electron chi connectivity index (χ4n) is 5.00. The van der Waals surface area contributed by atoms with Crippen molar-refractivity contribution in [1.82, 2.24) is 20.4 Å². The Hall–Kier alpha value is -3.71. The maximum Gasteiger partial charge on any atom is 0.325 e. The number of benzene rings is 3. The number of likely N-dealkylation sites (tertiary alicyclic amines) is 1. The predicted octanol–water partition coefficient (Wildman–Crippen LogP) is 3.52. The van der Waals surface area contributed by atoms with Gasteiger partial charge in [0.15, 0.2) is 0 Å². The number of fused-ring (bicyclic) bond motifs is 1. The number of hydrogen-bond acceptors (Lipinski definition) is 4. The van der Waals surface area contributed by atoms with Crippen LogP contribution in [-0.2, 0) is 28.2 Å². The zero-order valence-electron chi connectivity index (χ0n) is 19.9. The largest absolute Gasteiger partial charge is 0.350 e. The normalized spacial score (nSPS) is 20.4. The van der Waals surface area contributed by atoms with Crippen molar-refractivity contribution in [2.24, 2.45) is 0 Å². The molecule has 7 nitrogen and oxygen atoms in total. The monoisotopic (exact) mass is 470 g/mol. The second-order valence-electron chi connectivity index (χ2n) is 9.54. The highest BCUT2D eigenvalue weighted by Crippen LogP contribution is 2.31. The van der Waals surface area contributed by atoms with Gasteiger partial charge in [0.25, 0.3) is 5.91 Å². The SMILES string of the molecule is C[C@]1(c2ccc3ccccc3c2)NC(=O)N(CC(=O)NCc2ccccc2CN2CCCC2)C1=O. The zero-order valence-corrected chi connectivity index (χ0v) is 19.9. The van der Waals surface area contributed by atoms with Crippen LogP contribution >= 0.6 is 0 Å². The average molecular weight is 471 g/mol. The molecule has 0 radical (unpaired) electrons. The molecule has 0 spiro atoms. The number of carbonyl (C=O) groups excluding carboxylic acids is 3. The molecular weight excluding hydrogens is 440 g/mol. The Morgan fingerprint density at radius 3 is 2.40 bits per heavy atom. The summed E-state index contributed by atoms with van der Waals surface area (Å²) in [7, 11) is 0. The highest BCUT2D eigenvalue weighted by atomic mass is 16.2. The van der Waals surface area contributed by atoms with Crippen LogP contribution in [0.5, 0.6) is 0 Å². The first kappa shape index (κ1) is 23.1. The van der Waals surface area contributed by atoms with Crippen LogP contribution in [0.1, 0.15) is 36.5 Å². The first-order valence-electron chi connectivity index (χ1n) is 12.1. The molecule has 0 aromatic heterocycles. The lowest BCUT2D eigenvalue weighted by Gasteiger charge is -2.22. The fraction of sp³-hybridized carbons (Fsp3) is 0.321. The Balaban J connectivity index is 1.24. The topological polar surface area (TPSA) is 81.8 Å². The van der Waals surface area contributed by atoms with Gasteiger partial charge in [0.1, 0.15) is 12.1 Å². The van der Waals surface area contributed by atoms with E-state index in [0.29, 0.717) is 12.1 Å². The number of carbonyl (C=O) groups is 3. The maximum atomic E-state index is 13.3. The minimum atomic E-state index is -1.22. The summed E-state index contributed by atoms with van der Waals surface area (Å²) < 4.78 is 0. The van der Waals surface area contributed by atoms with Crippen LogP contribution in [0.3, 0.4) is 0 Å². The van der Waals surface area contributed by atoms with Crippen molar-refractivity contribution in [3.63, 3.8) is 0 Å². The van der Waals surface area contributed by atoms with Crippen LogP contribution in [-0.4, -0.2) is 47.3 Å². The van der Waals surface area contributed by atoms with E-state index in [9.17, 15) is 14.4 Å². The maximum absolute atomic E-state index is 13.3. The molecule has 0 bridgehead atoms. The van der Waals surface area contributed by atoms with Crippen molar-refractivity contribution in [2.75, 3.05) is 19.6 Å². The molecule has 0 unspecified atom stereocenters. The van der Waals surface area contributed by atoms with Gasteiger partial charge in [-0.3, -0.25) is 19.4 Å². The average Bonchev–Trinajstić information content (AvgIpc) is 3.46. The third kappa shape index (κ3) is 4.64. The predicted molar refractivity (Wildman–Crippen MR) is 134 cm³/mol. The lowest BCUT2D eigenvalue weighted by molar-refractivity contribution is -0.134. The van der Waals surface area contributed by atoms with Crippen molar-refractivity contribution in [2.45, 2.75) is 38.4 Å². The summed E-state index contributed by atoms with van der Waals surface area (Å²) in [5.41, 5.74) is 1.71. The number of rotatable bonds is 7. The van der Waals surface area contributed by atoms with Gasteiger partial charge in [-0.15, -0.1) is 0 Å². The summed E-state index contributed by atoms with van der Waals surface area (Å²) in [6, 6.07) is 21.1. The molecule has 4 amide bonds. The molecule has 3 aromatic carbocycles. The van der Waals surface area contributed by atoms with Crippen LogP contribution in [0.4, 0.5) is 4.79 Å². The smallest absolute Gasteiger partial charge is 0.325 e. The van der Waals surface area contributed by atoms with Crippen LogP contribution in [0.15, 0.2) is 66.7 Å². The number of hydrogen-bond donors (Lipinski definition) is 2. The summed E-state index contributed by atoms with van der Waals surface area (Å²) in [6.07, 6.45) is 2.45. The molecule has 180 valence electrons. The van der Waals surface area contributed by atoms with Crippen molar-refractivity contribution in [3.8, 4) is 0 Å². The minimum Gasteiger partial charge on any atom is -0.350 e. The van der Waals surface area contributed by atoms with Gasteiger partial charge in [0.05, 0.1) is 0 Å². The number of nitrogens with zero attached hydrogens (tertiary/aromatic N) is 2. The van der Waals surface area contributed by atoms with Gasteiger partial charge >= 0.3 is 6.03 Å². The minimum absolute atomic E-state index is 0.317. The second-order valence-corrected chi connectivity index (χ2v) is 9.54. The first-order chi connectivity index (χ1) is 16.9. The van der Waals surface area contributed by atoms with Gasteiger partial charge in [0.2, 0.25) is 5.91 Å². The fourth-order valence-corrected chi connectivity index (χ4v) is 5.00. The van der Waals surface area contributed by atoms with Crippen LogP contribution in [0.2, 0.25) is 0 Å². The van der Waals surface area contributed by atoms with Gasteiger partial charge in [-0.2, -0.15) is 0 Å². The van der Waals surface area contributed by atoms with Crippen molar-refractivity contribution in [3.05, 3.63) is 83.4 Å². The molecule has 1 atom stereocenters. The van der Waals surface area contributed by atoms with Gasteiger partial charge in [-0.1, -0.05) is 60.7 Å². The summed E-state index contributed by atoms with van der Waals surface area (Å²) >= 11 is 0. The Kier molecular flexibility index (Phi) is 6.26. The Morgan fingerprint density at radius 1 is 0.943 bits per heavy atom. The lowest BCUT2D eigenvalue weighted by atomic mass is 9.90. The van der Waals surface area contributed by atoms with E-state index in [1.54, 1.807) is 6.92 Å². The molecule has 2 heterocycles. The number of amides is 4. The molecule has 0 saturated carbocycles. The third-order valence-electron chi connectivity index (χ3n) is 7.09. The first-order valence-corrected chi connectivity index (χ1v) is 12.1. The van der Waals surface area contributed by atoms with E-state index in [1.807, 2.05) is 60.7 Å². The molecule has 35 heavy (non-hydrogen) atoms. The second kappa shape index (κ2) is 9.50. The summed E-state index contributed by atoms with van der Waals surface area (Å²) in [5, 5.41) is 7.72. The van der Waals surface area contributed by atoms with Gasteiger partial charge in [-0.25, -0.2) is 4.79 Å². The zero-order chi connectivity index (χ0) is 24.4. The van der Waals surface area contributed by atoms with Gasteiger partial charge < -0.3 is 10.6 Å². The van der Waals surface area contributed by atoms with Crippen LogP contribution in [0.25, 0.3) is 10.8 Å². The van der Waals surface area contributed by atoms with E-state index in [2.05, 4.69) is 21.6 Å². The Morgan fingerprint density at radius 2 is 1.63 bits per heavy atom.